The molecule has 0 spiro atoms. The van der Waals surface area contributed by atoms with Crippen molar-refractivity contribution in [2.24, 2.45) is 10.8 Å². The normalized spacial score (nSPS) is 26.6. The Bertz CT molecular complexity index is 605. The van der Waals surface area contributed by atoms with Crippen molar-refractivity contribution in [1.29, 1.82) is 0 Å². The molecule has 8 heteroatoms. The third-order valence-electron chi connectivity index (χ3n) is 4.23. The Balaban J connectivity index is 3.06. The maximum atomic E-state index is 11.9. The van der Waals surface area contributed by atoms with E-state index in [0.29, 0.717) is 0 Å². The molecule has 0 aromatic rings. The fraction of sp³-hybridized carbons (Fsp3) is 0.500. The van der Waals surface area contributed by atoms with E-state index in [1.807, 2.05) is 0 Å². The lowest BCUT2D eigenvalue weighted by Gasteiger charge is -2.36. The molecular formula is C18H24O8. The minimum atomic E-state index is -1.59. The van der Waals surface area contributed by atoms with Crippen molar-refractivity contribution < 1.29 is 38.8 Å². The van der Waals surface area contributed by atoms with Crippen LogP contribution in [0.25, 0.3) is 0 Å². The number of aliphatic carboxylic acids is 2. The summed E-state index contributed by atoms with van der Waals surface area (Å²) >= 11 is 0. The quantitative estimate of drug-likeness (QED) is 0.198. The number of carboxylic acids is 2. The zero-order valence-corrected chi connectivity index (χ0v) is 15.0. The van der Waals surface area contributed by atoms with Crippen LogP contribution in [0.15, 0.2) is 37.1 Å². The van der Waals surface area contributed by atoms with E-state index >= 15 is 0 Å². The first-order valence-corrected chi connectivity index (χ1v) is 8.02. The van der Waals surface area contributed by atoms with Gasteiger partial charge >= 0.3 is 17.9 Å². The second kappa shape index (κ2) is 8.66. The van der Waals surface area contributed by atoms with Crippen LogP contribution in [0, 0.1) is 10.8 Å². The third kappa shape index (κ3) is 4.72. The fourth-order valence-electron chi connectivity index (χ4n) is 2.66. The van der Waals surface area contributed by atoms with E-state index in [1.54, 1.807) is 0 Å². The molecule has 144 valence electrons. The van der Waals surface area contributed by atoms with Crippen LogP contribution in [-0.4, -0.2) is 47.1 Å². The van der Waals surface area contributed by atoms with Gasteiger partial charge in [-0.2, -0.15) is 0 Å². The second-order valence-electron chi connectivity index (χ2n) is 5.99. The molecule has 0 aliphatic heterocycles. The first kappa shape index (κ1) is 21.4. The molecule has 0 saturated carbocycles. The summed E-state index contributed by atoms with van der Waals surface area (Å²) in [6, 6.07) is 0. The van der Waals surface area contributed by atoms with E-state index in [-0.39, 0.29) is 13.0 Å². The zero-order chi connectivity index (χ0) is 20.0. The van der Waals surface area contributed by atoms with Gasteiger partial charge in [-0.1, -0.05) is 30.9 Å². The molecule has 2 N–H and O–H groups in total. The SMILES string of the molecule is C=COCCC1(C(=O)O)C=CC(C(=O)O)(C(C)OC(C)OC(C)=O)C=C1. The van der Waals surface area contributed by atoms with Crippen molar-refractivity contribution in [3.63, 3.8) is 0 Å². The number of carboxylic acid groups (broad SMARTS) is 2. The molecule has 8 nitrogen and oxygen atoms in total. The molecule has 0 fully saturated rings. The van der Waals surface area contributed by atoms with Gasteiger partial charge in [0.25, 0.3) is 0 Å². The van der Waals surface area contributed by atoms with Gasteiger partial charge in [-0.3, -0.25) is 14.4 Å². The maximum Gasteiger partial charge on any atom is 0.320 e. The molecule has 0 bridgehead atoms. The lowest BCUT2D eigenvalue weighted by molar-refractivity contribution is -0.191. The molecule has 0 radical (unpaired) electrons. The molecule has 0 aromatic heterocycles. The molecule has 1 rings (SSSR count). The Morgan fingerprint density at radius 1 is 1.12 bits per heavy atom. The van der Waals surface area contributed by atoms with Crippen molar-refractivity contribution in [3.05, 3.63) is 37.1 Å². The number of hydrogen-bond donors (Lipinski definition) is 2. The van der Waals surface area contributed by atoms with Crippen molar-refractivity contribution in [2.75, 3.05) is 6.61 Å². The van der Waals surface area contributed by atoms with Crippen LogP contribution < -0.4 is 0 Å². The van der Waals surface area contributed by atoms with Crippen LogP contribution in [0.3, 0.4) is 0 Å². The van der Waals surface area contributed by atoms with E-state index < -0.39 is 41.1 Å². The number of hydrogen-bond acceptors (Lipinski definition) is 6. The van der Waals surface area contributed by atoms with Crippen LogP contribution in [-0.2, 0) is 28.6 Å². The molecule has 2 unspecified atom stereocenters. The summed E-state index contributed by atoms with van der Waals surface area (Å²) in [5.41, 5.74) is -2.98. The first-order valence-electron chi connectivity index (χ1n) is 8.02. The van der Waals surface area contributed by atoms with Crippen LogP contribution in [0.4, 0.5) is 0 Å². The lowest BCUT2D eigenvalue weighted by atomic mass is 9.71. The van der Waals surface area contributed by atoms with Crippen molar-refractivity contribution in [2.45, 2.75) is 39.6 Å². The van der Waals surface area contributed by atoms with Gasteiger partial charge in [0.05, 0.1) is 19.0 Å². The predicted molar refractivity (Wildman–Crippen MR) is 91.0 cm³/mol. The van der Waals surface area contributed by atoms with E-state index in [4.69, 9.17) is 14.2 Å². The average molecular weight is 368 g/mol. The van der Waals surface area contributed by atoms with Crippen LogP contribution >= 0.6 is 0 Å². The molecule has 2 atom stereocenters. The summed E-state index contributed by atoms with van der Waals surface area (Å²) in [5.74, 6) is -2.90. The Labute approximate surface area is 151 Å². The number of carbonyl (C=O) groups is 3. The monoisotopic (exact) mass is 368 g/mol. The fourth-order valence-corrected chi connectivity index (χ4v) is 2.66. The minimum Gasteiger partial charge on any atom is -0.502 e. The number of esters is 1. The van der Waals surface area contributed by atoms with Crippen molar-refractivity contribution in [3.8, 4) is 0 Å². The molecule has 26 heavy (non-hydrogen) atoms. The minimum absolute atomic E-state index is 0.107. The van der Waals surface area contributed by atoms with Gasteiger partial charge in [0.1, 0.15) is 10.8 Å². The average Bonchev–Trinajstić information content (AvgIpc) is 2.54. The lowest BCUT2D eigenvalue weighted by Crippen LogP contribution is -2.44. The van der Waals surface area contributed by atoms with Crippen LogP contribution in [0.2, 0.25) is 0 Å². The molecule has 0 heterocycles. The van der Waals surface area contributed by atoms with Gasteiger partial charge in [0, 0.05) is 13.3 Å². The van der Waals surface area contributed by atoms with E-state index in [0.717, 1.165) is 0 Å². The van der Waals surface area contributed by atoms with E-state index in [2.05, 4.69) is 6.58 Å². The van der Waals surface area contributed by atoms with Gasteiger partial charge in [-0.15, -0.1) is 0 Å². The molecule has 0 saturated heterocycles. The Morgan fingerprint density at radius 3 is 2.12 bits per heavy atom. The van der Waals surface area contributed by atoms with Crippen LogP contribution in [0.1, 0.15) is 27.2 Å². The highest BCUT2D eigenvalue weighted by Crippen LogP contribution is 2.40. The third-order valence-corrected chi connectivity index (χ3v) is 4.23. The molecular weight excluding hydrogens is 344 g/mol. The van der Waals surface area contributed by atoms with Crippen molar-refractivity contribution >= 4 is 17.9 Å². The summed E-state index contributed by atoms with van der Waals surface area (Å²) in [6.07, 6.45) is 4.69. The van der Waals surface area contributed by atoms with Gasteiger partial charge in [-0.05, 0) is 13.8 Å². The van der Waals surface area contributed by atoms with E-state index in [1.165, 1.54) is 51.3 Å². The Kier molecular flexibility index (Phi) is 7.14. The Morgan fingerprint density at radius 2 is 1.69 bits per heavy atom. The maximum absolute atomic E-state index is 11.9. The van der Waals surface area contributed by atoms with Crippen LogP contribution in [0.5, 0.6) is 0 Å². The highest BCUT2D eigenvalue weighted by atomic mass is 16.7. The summed E-state index contributed by atoms with van der Waals surface area (Å²) in [4.78, 5) is 34.6. The molecule has 0 aromatic carbocycles. The first-order chi connectivity index (χ1) is 12.1. The second-order valence-corrected chi connectivity index (χ2v) is 5.99. The number of ether oxygens (including phenoxy) is 3. The summed E-state index contributed by atoms with van der Waals surface area (Å²) in [6.45, 7) is 7.70. The van der Waals surface area contributed by atoms with Gasteiger partial charge in [-0.25, -0.2) is 0 Å². The van der Waals surface area contributed by atoms with Crippen molar-refractivity contribution in [1.82, 2.24) is 0 Å². The summed E-state index contributed by atoms with van der Waals surface area (Å²) in [7, 11) is 0. The highest BCUT2D eigenvalue weighted by Gasteiger charge is 2.47. The summed E-state index contributed by atoms with van der Waals surface area (Å²) < 4.78 is 15.3. The topological polar surface area (TPSA) is 119 Å². The zero-order valence-electron chi connectivity index (χ0n) is 15.0. The predicted octanol–water partition coefficient (Wildman–Crippen LogP) is 2.12. The number of rotatable bonds is 10. The largest absolute Gasteiger partial charge is 0.502 e. The molecule has 0 amide bonds. The standard InChI is InChI=1S/C18H24O8/c1-5-24-11-10-17(15(20)21)6-8-18(9-7-17,16(22)23)12(2)25-14(4)26-13(3)19/h5-9,12,14H,1,10-11H2,2-4H3,(H,20,21)(H,22,23). The highest BCUT2D eigenvalue weighted by molar-refractivity contribution is 5.85. The molecule has 1 aliphatic carbocycles. The Hall–Kier alpha value is -2.61. The summed E-state index contributed by atoms with van der Waals surface area (Å²) in [5, 5.41) is 19.3. The van der Waals surface area contributed by atoms with Gasteiger partial charge < -0.3 is 24.4 Å². The van der Waals surface area contributed by atoms with Gasteiger partial charge in [0.15, 0.2) is 6.29 Å². The number of carbonyl (C=O) groups excluding carboxylic acids is 1. The van der Waals surface area contributed by atoms with E-state index in [9.17, 15) is 24.6 Å². The molecule has 1 aliphatic rings. The van der Waals surface area contributed by atoms with Gasteiger partial charge in [0.2, 0.25) is 0 Å². The smallest absolute Gasteiger partial charge is 0.320 e.